The van der Waals surface area contributed by atoms with Gasteiger partial charge >= 0.3 is 0 Å². The summed E-state index contributed by atoms with van der Waals surface area (Å²) >= 11 is 3.21. The van der Waals surface area contributed by atoms with Gasteiger partial charge in [0.15, 0.2) is 0 Å². The Morgan fingerprint density at radius 1 is 1.36 bits per heavy atom. The minimum atomic E-state index is 0.532. The molecule has 0 spiro atoms. The summed E-state index contributed by atoms with van der Waals surface area (Å²) in [4.78, 5) is 0. The summed E-state index contributed by atoms with van der Waals surface area (Å²) in [5, 5.41) is 0. The number of ether oxygens (including phenoxy) is 1. The second-order valence-corrected chi connectivity index (χ2v) is 2.57. The quantitative estimate of drug-likeness (QED) is 0.703. The third-order valence-corrected chi connectivity index (χ3v) is 1.68. The second-order valence-electron chi connectivity index (χ2n) is 2.11. The Kier molecular flexibility index (Phi) is 3.43. The van der Waals surface area contributed by atoms with E-state index in [-0.39, 0.29) is 0 Å². The maximum absolute atomic E-state index is 5.30. The van der Waals surface area contributed by atoms with Crippen molar-refractivity contribution in [2.24, 2.45) is 0 Å². The lowest BCUT2D eigenvalue weighted by atomic mass is 10.1. The third-order valence-electron chi connectivity index (χ3n) is 1.45. The van der Waals surface area contributed by atoms with Crippen molar-refractivity contribution in [2.45, 2.75) is 6.42 Å². The predicted molar refractivity (Wildman–Crippen MR) is 49.9 cm³/mol. The van der Waals surface area contributed by atoms with Gasteiger partial charge in [-0.3, -0.25) is 0 Å². The normalized spacial score (nSPS) is 9.64. The van der Waals surface area contributed by atoms with E-state index in [4.69, 9.17) is 4.74 Å². The number of benzene rings is 1. The van der Waals surface area contributed by atoms with Crippen molar-refractivity contribution in [3.63, 3.8) is 0 Å². The summed E-state index contributed by atoms with van der Waals surface area (Å²) in [5.41, 5.74) is 1.68. The van der Waals surface area contributed by atoms with E-state index in [0.29, 0.717) is 5.52 Å². The first-order valence-corrected chi connectivity index (χ1v) is 4.56. The van der Waals surface area contributed by atoms with Crippen molar-refractivity contribution in [3.05, 3.63) is 36.8 Å². The van der Waals surface area contributed by atoms with Crippen LogP contribution >= 0.6 is 15.9 Å². The standard InChI is InChI=1S/C9H10BrO/c1-2-8-5-3-4-6-9(8)11-7-10/h3-6H,1-2,7H2. The van der Waals surface area contributed by atoms with E-state index in [2.05, 4.69) is 22.9 Å². The first-order chi connectivity index (χ1) is 5.38. The molecule has 2 heteroatoms. The molecule has 1 radical (unpaired) electrons. The van der Waals surface area contributed by atoms with Crippen molar-refractivity contribution in [2.75, 3.05) is 5.52 Å². The minimum absolute atomic E-state index is 0.532. The van der Waals surface area contributed by atoms with Crippen LogP contribution < -0.4 is 4.74 Å². The van der Waals surface area contributed by atoms with Gasteiger partial charge in [0.2, 0.25) is 0 Å². The van der Waals surface area contributed by atoms with Crippen LogP contribution in [0.2, 0.25) is 0 Å². The summed E-state index contributed by atoms with van der Waals surface area (Å²) in [6.45, 7) is 3.80. The van der Waals surface area contributed by atoms with Gasteiger partial charge in [-0.2, -0.15) is 0 Å². The highest BCUT2D eigenvalue weighted by atomic mass is 79.9. The molecular formula is C9H10BrO. The fourth-order valence-electron chi connectivity index (χ4n) is 0.910. The molecule has 0 aromatic heterocycles. The number of para-hydroxylation sites is 1. The molecule has 0 amide bonds. The predicted octanol–water partition coefficient (Wildman–Crippen LogP) is 2.79. The molecule has 0 N–H and O–H groups in total. The van der Waals surface area contributed by atoms with Crippen LogP contribution in [0.5, 0.6) is 5.75 Å². The smallest absolute Gasteiger partial charge is 0.143 e. The lowest BCUT2D eigenvalue weighted by molar-refractivity contribution is 0.394. The van der Waals surface area contributed by atoms with Gasteiger partial charge in [-0.1, -0.05) is 18.2 Å². The Morgan fingerprint density at radius 2 is 2.09 bits per heavy atom. The molecule has 0 aliphatic carbocycles. The maximum atomic E-state index is 5.30. The van der Waals surface area contributed by atoms with Crippen LogP contribution in [0.15, 0.2) is 24.3 Å². The summed E-state index contributed by atoms with van der Waals surface area (Å²) < 4.78 is 5.30. The van der Waals surface area contributed by atoms with Gasteiger partial charge in [-0.15, -0.1) is 0 Å². The number of rotatable bonds is 3. The minimum Gasteiger partial charge on any atom is -0.482 e. The summed E-state index contributed by atoms with van der Waals surface area (Å²) in [5.74, 6) is 0.916. The van der Waals surface area contributed by atoms with Gasteiger partial charge in [0.05, 0.1) is 0 Å². The van der Waals surface area contributed by atoms with Crippen LogP contribution in [0.4, 0.5) is 0 Å². The molecule has 59 valence electrons. The zero-order valence-corrected chi connectivity index (χ0v) is 7.80. The van der Waals surface area contributed by atoms with Gasteiger partial charge < -0.3 is 4.74 Å². The van der Waals surface area contributed by atoms with E-state index in [1.807, 2.05) is 24.3 Å². The molecule has 1 nitrogen and oxygen atoms in total. The molecule has 0 unspecified atom stereocenters. The van der Waals surface area contributed by atoms with Gasteiger partial charge in [0, 0.05) is 0 Å². The molecule has 1 aromatic carbocycles. The van der Waals surface area contributed by atoms with Crippen molar-refractivity contribution in [3.8, 4) is 5.75 Å². The lowest BCUT2D eigenvalue weighted by Crippen LogP contribution is -1.92. The van der Waals surface area contributed by atoms with Crippen molar-refractivity contribution in [1.29, 1.82) is 0 Å². The van der Waals surface area contributed by atoms with Gasteiger partial charge in [0.1, 0.15) is 11.3 Å². The fraction of sp³-hybridized carbons (Fsp3) is 0.222. The molecule has 11 heavy (non-hydrogen) atoms. The Bertz CT molecular complexity index is 223. The SMILES string of the molecule is [CH2]Cc1ccccc1OCBr. The summed E-state index contributed by atoms with van der Waals surface area (Å²) in [6, 6.07) is 7.91. The molecule has 0 saturated heterocycles. The maximum Gasteiger partial charge on any atom is 0.143 e. The van der Waals surface area contributed by atoms with E-state index in [9.17, 15) is 0 Å². The molecule has 0 saturated carbocycles. The Balaban J connectivity index is 2.83. The van der Waals surface area contributed by atoms with Crippen molar-refractivity contribution < 1.29 is 4.74 Å². The molecular weight excluding hydrogens is 204 g/mol. The first kappa shape index (κ1) is 8.60. The number of halogens is 1. The van der Waals surface area contributed by atoms with Crippen LogP contribution in [0.3, 0.4) is 0 Å². The Hall–Kier alpha value is -0.500. The number of hydrogen-bond donors (Lipinski definition) is 0. The fourth-order valence-corrected chi connectivity index (χ4v) is 1.16. The highest BCUT2D eigenvalue weighted by molar-refractivity contribution is 9.09. The van der Waals surface area contributed by atoms with E-state index in [1.54, 1.807) is 0 Å². The van der Waals surface area contributed by atoms with Crippen LogP contribution in [0.25, 0.3) is 0 Å². The largest absolute Gasteiger partial charge is 0.482 e. The Labute approximate surface area is 75.5 Å². The molecule has 1 rings (SSSR count). The van der Waals surface area contributed by atoms with Crippen molar-refractivity contribution >= 4 is 15.9 Å². The summed E-state index contributed by atoms with van der Waals surface area (Å²) in [6.07, 6.45) is 0.767. The van der Waals surface area contributed by atoms with Gasteiger partial charge in [-0.25, -0.2) is 0 Å². The molecule has 0 heterocycles. The van der Waals surface area contributed by atoms with E-state index in [1.165, 1.54) is 0 Å². The van der Waals surface area contributed by atoms with E-state index < -0.39 is 0 Å². The van der Waals surface area contributed by atoms with E-state index >= 15 is 0 Å². The number of alkyl halides is 1. The molecule has 0 fully saturated rings. The third kappa shape index (κ3) is 2.22. The average Bonchev–Trinajstić information content (AvgIpc) is 2.06. The second kappa shape index (κ2) is 4.39. The van der Waals surface area contributed by atoms with Crippen LogP contribution in [0, 0.1) is 6.92 Å². The zero-order valence-electron chi connectivity index (χ0n) is 6.22. The average molecular weight is 214 g/mol. The first-order valence-electron chi connectivity index (χ1n) is 3.44. The zero-order chi connectivity index (χ0) is 8.10. The van der Waals surface area contributed by atoms with E-state index in [0.717, 1.165) is 17.7 Å². The molecule has 0 aliphatic rings. The number of hydrogen-bond acceptors (Lipinski definition) is 1. The summed E-state index contributed by atoms with van der Waals surface area (Å²) in [7, 11) is 0. The highest BCUT2D eigenvalue weighted by Gasteiger charge is 1.97. The lowest BCUT2D eigenvalue weighted by Gasteiger charge is -2.06. The monoisotopic (exact) mass is 213 g/mol. The van der Waals surface area contributed by atoms with Gasteiger partial charge in [0.25, 0.3) is 0 Å². The molecule has 1 aromatic rings. The van der Waals surface area contributed by atoms with Crippen LogP contribution in [-0.2, 0) is 6.42 Å². The van der Waals surface area contributed by atoms with Crippen LogP contribution in [-0.4, -0.2) is 5.52 Å². The van der Waals surface area contributed by atoms with Gasteiger partial charge in [-0.05, 0) is 40.9 Å². The Morgan fingerprint density at radius 3 is 2.73 bits per heavy atom. The van der Waals surface area contributed by atoms with Crippen molar-refractivity contribution in [1.82, 2.24) is 0 Å². The molecule has 0 bridgehead atoms. The molecule has 0 aliphatic heterocycles. The molecule has 0 atom stereocenters. The highest BCUT2D eigenvalue weighted by Crippen LogP contribution is 2.18. The topological polar surface area (TPSA) is 9.23 Å². The van der Waals surface area contributed by atoms with Crippen LogP contribution in [0.1, 0.15) is 5.56 Å².